The van der Waals surface area contributed by atoms with Gasteiger partial charge >= 0.3 is 0 Å². The molecule has 0 saturated carbocycles. The minimum absolute atomic E-state index is 0.0399. The summed E-state index contributed by atoms with van der Waals surface area (Å²) in [5, 5.41) is 20.4. The Morgan fingerprint density at radius 2 is 2.12 bits per heavy atom. The number of benzene rings is 1. The largest absolute Gasteiger partial charge is 0.378 e. The minimum Gasteiger partial charge on any atom is -0.378 e. The molecule has 0 radical (unpaired) electrons. The van der Waals surface area contributed by atoms with Crippen molar-refractivity contribution in [2.24, 2.45) is 0 Å². The van der Waals surface area contributed by atoms with Gasteiger partial charge in [-0.1, -0.05) is 30.9 Å². The first-order valence-corrected chi connectivity index (χ1v) is 4.95. The molecule has 1 rings (SSSR count). The zero-order chi connectivity index (χ0) is 12.2. The predicted octanol–water partition coefficient (Wildman–Crippen LogP) is 2.11. The Bertz CT molecular complexity index is 455. The Hall–Kier alpha value is -1.86. The fraction of sp³-hybridized carbons (Fsp3) is 0.333. The number of aliphatic hydroxyl groups is 1. The molecule has 1 aromatic rings. The third-order valence-corrected chi connectivity index (χ3v) is 2.26. The zero-order valence-electron chi connectivity index (χ0n) is 9.23. The summed E-state index contributed by atoms with van der Waals surface area (Å²) in [5.74, 6) is 5.27. The van der Waals surface area contributed by atoms with Gasteiger partial charge < -0.3 is 5.11 Å². The highest BCUT2D eigenvalue weighted by Crippen LogP contribution is 2.16. The Balaban J connectivity index is 3.11. The van der Waals surface area contributed by atoms with Crippen molar-refractivity contribution in [1.29, 1.82) is 0 Å². The molecule has 0 aromatic heterocycles. The van der Waals surface area contributed by atoms with Crippen molar-refractivity contribution < 1.29 is 10.0 Å². The van der Waals surface area contributed by atoms with Crippen molar-refractivity contribution in [3.05, 3.63) is 39.9 Å². The highest BCUT2D eigenvalue weighted by molar-refractivity contribution is 5.51. The van der Waals surface area contributed by atoms with E-state index in [9.17, 15) is 15.2 Å². The first-order chi connectivity index (χ1) is 7.46. The molecule has 0 amide bonds. The second kappa shape index (κ2) is 4.77. The Morgan fingerprint density at radius 3 is 2.69 bits per heavy atom. The lowest BCUT2D eigenvalue weighted by Crippen LogP contribution is -2.19. The maximum atomic E-state index is 10.7. The predicted molar refractivity (Wildman–Crippen MR) is 60.9 cm³/mol. The lowest BCUT2D eigenvalue weighted by atomic mass is 10.0. The third kappa shape index (κ3) is 3.07. The molecule has 0 saturated heterocycles. The van der Waals surface area contributed by atoms with Crippen LogP contribution in [-0.4, -0.2) is 15.6 Å². The van der Waals surface area contributed by atoms with Crippen molar-refractivity contribution in [3.8, 4) is 11.8 Å². The molecule has 0 fully saturated rings. The summed E-state index contributed by atoms with van der Waals surface area (Å²) in [6, 6.07) is 6.22. The Morgan fingerprint density at radius 1 is 1.50 bits per heavy atom. The average molecular weight is 219 g/mol. The van der Waals surface area contributed by atoms with Crippen molar-refractivity contribution in [2.45, 2.75) is 25.9 Å². The molecule has 0 aliphatic heterocycles. The molecule has 1 N–H and O–H groups in total. The molecule has 1 unspecified atom stereocenters. The van der Waals surface area contributed by atoms with Crippen LogP contribution in [0.4, 0.5) is 5.69 Å². The van der Waals surface area contributed by atoms with Crippen molar-refractivity contribution in [3.63, 3.8) is 0 Å². The van der Waals surface area contributed by atoms with Gasteiger partial charge in [0.15, 0.2) is 0 Å². The summed E-state index contributed by atoms with van der Waals surface area (Å²) in [7, 11) is 0. The second-order valence-corrected chi connectivity index (χ2v) is 3.65. The Kier molecular flexibility index (Phi) is 3.64. The van der Waals surface area contributed by atoms with Gasteiger partial charge in [-0.05, 0) is 19.4 Å². The van der Waals surface area contributed by atoms with Crippen molar-refractivity contribution in [2.75, 3.05) is 0 Å². The van der Waals surface area contributed by atoms with Gasteiger partial charge in [-0.25, -0.2) is 0 Å². The van der Waals surface area contributed by atoms with Crippen LogP contribution >= 0.6 is 0 Å². The molecule has 4 nitrogen and oxygen atoms in total. The quantitative estimate of drug-likeness (QED) is 0.470. The zero-order valence-corrected chi connectivity index (χ0v) is 9.23. The summed E-state index contributed by atoms with van der Waals surface area (Å²) in [6.07, 6.45) is 0.473. The van der Waals surface area contributed by atoms with E-state index in [1.54, 1.807) is 32.0 Å². The molecule has 1 atom stereocenters. The van der Waals surface area contributed by atoms with E-state index < -0.39 is 10.5 Å². The number of hydrogen-bond acceptors (Lipinski definition) is 3. The summed E-state index contributed by atoms with van der Waals surface area (Å²) in [4.78, 5) is 10.2. The molecular formula is C12H13NO3. The lowest BCUT2D eigenvalue weighted by Gasteiger charge is -2.11. The van der Waals surface area contributed by atoms with E-state index in [1.807, 2.05) is 0 Å². The van der Waals surface area contributed by atoms with E-state index in [-0.39, 0.29) is 5.69 Å². The van der Waals surface area contributed by atoms with Gasteiger partial charge in [-0.3, -0.25) is 10.1 Å². The van der Waals surface area contributed by atoms with Gasteiger partial charge in [0.2, 0.25) is 0 Å². The van der Waals surface area contributed by atoms with Crippen LogP contribution in [0, 0.1) is 22.0 Å². The van der Waals surface area contributed by atoms with E-state index in [4.69, 9.17) is 0 Å². The summed E-state index contributed by atoms with van der Waals surface area (Å²) < 4.78 is 0. The van der Waals surface area contributed by atoms with Crippen LogP contribution in [0.5, 0.6) is 0 Å². The SMILES string of the molecule is CCC(C)(O)C#Cc1ccccc1[N+](=O)[O-]. The molecule has 0 bridgehead atoms. The maximum absolute atomic E-state index is 10.7. The number of nitrogens with zero attached hydrogens (tertiary/aromatic N) is 1. The smallest absolute Gasteiger partial charge is 0.284 e. The van der Waals surface area contributed by atoms with Gasteiger partial charge in [-0.15, -0.1) is 0 Å². The number of nitro benzene ring substituents is 1. The van der Waals surface area contributed by atoms with Crippen LogP contribution in [0.2, 0.25) is 0 Å². The van der Waals surface area contributed by atoms with Crippen molar-refractivity contribution in [1.82, 2.24) is 0 Å². The normalized spacial score (nSPS) is 13.4. The van der Waals surface area contributed by atoms with Gasteiger partial charge in [0.05, 0.1) is 4.92 Å². The number of hydrogen-bond donors (Lipinski definition) is 1. The van der Waals surface area contributed by atoms with Crippen LogP contribution in [-0.2, 0) is 0 Å². The van der Waals surface area contributed by atoms with Crippen LogP contribution in [0.3, 0.4) is 0 Å². The van der Waals surface area contributed by atoms with Crippen LogP contribution in [0.25, 0.3) is 0 Å². The Labute approximate surface area is 94.1 Å². The molecule has 1 aromatic carbocycles. The van der Waals surface area contributed by atoms with E-state index in [0.717, 1.165) is 0 Å². The monoisotopic (exact) mass is 219 g/mol. The standard InChI is InChI=1S/C12H13NO3/c1-3-12(2,14)9-8-10-6-4-5-7-11(10)13(15)16/h4-7,14H,3H2,1-2H3. The summed E-state index contributed by atoms with van der Waals surface area (Å²) in [6.45, 7) is 3.38. The molecule has 84 valence electrons. The topological polar surface area (TPSA) is 63.4 Å². The molecule has 0 heterocycles. The third-order valence-electron chi connectivity index (χ3n) is 2.26. The van der Waals surface area contributed by atoms with Crippen LogP contribution in [0.15, 0.2) is 24.3 Å². The molecule has 0 aliphatic rings. The fourth-order valence-electron chi connectivity index (χ4n) is 1.03. The van der Waals surface area contributed by atoms with Crippen molar-refractivity contribution >= 4 is 5.69 Å². The fourth-order valence-corrected chi connectivity index (χ4v) is 1.03. The summed E-state index contributed by atoms with van der Waals surface area (Å²) in [5.41, 5.74) is -0.827. The minimum atomic E-state index is -1.11. The first-order valence-electron chi connectivity index (χ1n) is 4.95. The van der Waals surface area contributed by atoms with Crippen LogP contribution < -0.4 is 0 Å². The highest BCUT2D eigenvalue weighted by atomic mass is 16.6. The highest BCUT2D eigenvalue weighted by Gasteiger charge is 2.14. The van der Waals surface area contributed by atoms with Gasteiger partial charge in [0.1, 0.15) is 11.2 Å². The van der Waals surface area contributed by atoms with E-state index in [1.165, 1.54) is 6.07 Å². The van der Waals surface area contributed by atoms with Crippen LogP contribution in [0.1, 0.15) is 25.8 Å². The first kappa shape index (κ1) is 12.2. The summed E-state index contributed by atoms with van der Waals surface area (Å²) >= 11 is 0. The number of rotatable bonds is 2. The molecular weight excluding hydrogens is 206 g/mol. The maximum Gasteiger partial charge on any atom is 0.284 e. The number of para-hydroxylation sites is 1. The van der Waals surface area contributed by atoms with E-state index >= 15 is 0 Å². The number of nitro groups is 1. The molecule has 16 heavy (non-hydrogen) atoms. The van der Waals surface area contributed by atoms with E-state index in [2.05, 4.69) is 11.8 Å². The van der Waals surface area contributed by atoms with Gasteiger partial charge in [0, 0.05) is 6.07 Å². The van der Waals surface area contributed by atoms with Gasteiger partial charge in [-0.2, -0.15) is 0 Å². The second-order valence-electron chi connectivity index (χ2n) is 3.65. The van der Waals surface area contributed by atoms with Gasteiger partial charge in [0.25, 0.3) is 5.69 Å². The molecule has 0 spiro atoms. The average Bonchev–Trinajstić information content (AvgIpc) is 2.27. The van der Waals surface area contributed by atoms with E-state index in [0.29, 0.717) is 12.0 Å². The lowest BCUT2D eigenvalue weighted by molar-refractivity contribution is -0.385. The molecule has 4 heteroatoms. The molecule has 0 aliphatic carbocycles.